The van der Waals surface area contributed by atoms with E-state index in [1.54, 1.807) is 20.3 Å². The number of rotatable bonds is 8. The standard InChI is InChI=1S/C23H30N4O5S/c1-18-15-20(27(28)29)16-21-23(18)26(13-14-31-2)22(17-32-3)33(21,30)25-11-9-24(10-12-25)19-7-5-4-6-8-19/h4-8,15-16H,9-14,17H2,1-3H3. The van der Waals surface area contributed by atoms with Gasteiger partial charge in [-0.25, -0.2) is 8.51 Å². The number of fused-ring (bicyclic) bond motifs is 1. The second kappa shape index (κ2) is 9.68. The molecule has 10 heteroatoms. The van der Waals surface area contributed by atoms with Crippen molar-refractivity contribution in [3.05, 3.63) is 58.1 Å². The first-order chi connectivity index (χ1) is 15.9. The summed E-state index contributed by atoms with van der Waals surface area (Å²) >= 11 is 0. The number of para-hydroxylation sites is 1. The van der Waals surface area contributed by atoms with Gasteiger partial charge in [-0.05, 0) is 24.6 Å². The number of nitrogens with zero attached hydrogens (tertiary/aromatic N) is 4. The van der Waals surface area contributed by atoms with E-state index in [2.05, 4.69) is 17.0 Å². The van der Waals surface area contributed by atoms with Gasteiger partial charge in [0.05, 0.1) is 38.4 Å². The van der Waals surface area contributed by atoms with E-state index in [1.165, 1.54) is 6.07 Å². The summed E-state index contributed by atoms with van der Waals surface area (Å²) in [6.45, 7) is 5.48. The third-order valence-electron chi connectivity index (χ3n) is 6.16. The van der Waals surface area contributed by atoms with Crippen LogP contribution in [-0.4, -0.2) is 78.6 Å². The Morgan fingerprint density at radius 2 is 1.76 bits per heavy atom. The fraction of sp³-hybridized carbons (Fsp3) is 0.435. The molecule has 1 unspecified atom stereocenters. The van der Waals surface area contributed by atoms with Crippen molar-refractivity contribution >= 4 is 31.8 Å². The Morgan fingerprint density at radius 3 is 2.36 bits per heavy atom. The summed E-state index contributed by atoms with van der Waals surface area (Å²) in [4.78, 5) is 16.6. The molecule has 4 rings (SSSR count). The summed E-state index contributed by atoms with van der Waals surface area (Å²) in [5, 5.41) is 11.6. The third kappa shape index (κ3) is 4.19. The zero-order valence-electron chi connectivity index (χ0n) is 19.2. The summed E-state index contributed by atoms with van der Waals surface area (Å²) in [6, 6.07) is 13.2. The molecule has 1 fully saturated rings. The third-order valence-corrected chi connectivity index (χ3v) is 9.14. The van der Waals surface area contributed by atoms with Crippen LogP contribution >= 0.6 is 0 Å². The fourth-order valence-electron chi connectivity index (χ4n) is 4.62. The summed E-state index contributed by atoms with van der Waals surface area (Å²) in [6.07, 6.45) is 0. The molecule has 0 N–H and O–H groups in total. The zero-order valence-corrected chi connectivity index (χ0v) is 20.0. The van der Waals surface area contributed by atoms with Gasteiger partial charge in [0.15, 0.2) is 0 Å². The molecule has 9 nitrogen and oxygen atoms in total. The zero-order chi connectivity index (χ0) is 23.6. The molecule has 0 saturated carbocycles. The molecule has 2 heterocycles. The minimum absolute atomic E-state index is 0.0488. The number of hydrogen-bond acceptors (Lipinski definition) is 7. The number of hydrogen-bond donors (Lipinski definition) is 0. The molecule has 33 heavy (non-hydrogen) atoms. The lowest BCUT2D eigenvalue weighted by Crippen LogP contribution is -2.51. The van der Waals surface area contributed by atoms with Crippen LogP contribution in [0.15, 0.2) is 47.4 Å². The molecule has 1 saturated heterocycles. The maximum absolute atomic E-state index is 14.9. The van der Waals surface area contributed by atoms with Gasteiger partial charge in [0.1, 0.15) is 4.99 Å². The summed E-state index contributed by atoms with van der Waals surface area (Å²) < 4.78 is 27.7. The van der Waals surface area contributed by atoms with Gasteiger partial charge in [-0.3, -0.25) is 10.1 Å². The molecule has 0 aromatic heterocycles. The first-order valence-electron chi connectivity index (χ1n) is 10.9. The first-order valence-corrected chi connectivity index (χ1v) is 12.4. The lowest BCUT2D eigenvalue weighted by atomic mass is 10.1. The highest BCUT2D eigenvalue weighted by molar-refractivity contribution is 8.01. The highest BCUT2D eigenvalue weighted by Crippen LogP contribution is 2.41. The molecule has 0 spiro atoms. The SMILES string of the molecule is COCCN1C(COC)=S(=O)(N2CCN(c3ccccc3)CC2)c2cc([N+](=O)[O-])cc(C)c21. The second-order valence-electron chi connectivity index (χ2n) is 8.12. The lowest BCUT2D eigenvalue weighted by Gasteiger charge is -2.37. The van der Waals surface area contributed by atoms with Gasteiger partial charge in [-0.2, -0.15) is 0 Å². The number of non-ortho nitro benzene ring substituents is 1. The van der Waals surface area contributed by atoms with E-state index in [0.29, 0.717) is 49.2 Å². The van der Waals surface area contributed by atoms with E-state index in [-0.39, 0.29) is 12.3 Å². The Bertz CT molecular complexity index is 1140. The van der Waals surface area contributed by atoms with Crippen molar-refractivity contribution in [2.45, 2.75) is 11.8 Å². The van der Waals surface area contributed by atoms with Gasteiger partial charge in [0.2, 0.25) is 0 Å². The second-order valence-corrected chi connectivity index (χ2v) is 10.6. The smallest absolute Gasteiger partial charge is 0.271 e. The number of aryl methyl sites for hydroxylation is 1. The van der Waals surface area contributed by atoms with E-state index in [1.807, 2.05) is 34.3 Å². The molecule has 0 radical (unpaired) electrons. The molecule has 2 aliphatic rings. The fourth-order valence-corrected chi connectivity index (χ4v) is 7.70. The van der Waals surface area contributed by atoms with Crippen LogP contribution in [0.2, 0.25) is 0 Å². The van der Waals surface area contributed by atoms with Crippen LogP contribution in [0.4, 0.5) is 17.1 Å². The molecule has 0 aliphatic carbocycles. The van der Waals surface area contributed by atoms with E-state index in [9.17, 15) is 14.3 Å². The van der Waals surface area contributed by atoms with Crippen molar-refractivity contribution in [1.82, 2.24) is 4.31 Å². The summed E-state index contributed by atoms with van der Waals surface area (Å²) in [5.41, 5.74) is 2.57. The van der Waals surface area contributed by atoms with Crippen molar-refractivity contribution in [3.63, 3.8) is 0 Å². The predicted molar refractivity (Wildman–Crippen MR) is 131 cm³/mol. The molecular weight excluding hydrogens is 444 g/mol. The number of nitro benzene ring substituents is 1. The van der Waals surface area contributed by atoms with Crippen LogP contribution in [0.25, 0.3) is 0 Å². The van der Waals surface area contributed by atoms with Gasteiger partial charge in [-0.1, -0.05) is 18.2 Å². The van der Waals surface area contributed by atoms with E-state index in [0.717, 1.165) is 16.9 Å². The Hall–Kier alpha value is -2.66. The van der Waals surface area contributed by atoms with Crippen LogP contribution in [0, 0.1) is 17.0 Å². The van der Waals surface area contributed by atoms with Crippen molar-refractivity contribution in [2.24, 2.45) is 0 Å². The Morgan fingerprint density at radius 1 is 1.06 bits per heavy atom. The monoisotopic (exact) mass is 474 g/mol. The minimum Gasteiger partial charge on any atom is -0.383 e. The largest absolute Gasteiger partial charge is 0.383 e. The highest BCUT2D eigenvalue weighted by Gasteiger charge is 2.41. The molecule has 0 amide bonds. The first kappa shape index (κ1) is 23.5. The van der Waals surface area contributed by atoms with Gasteiger partial charge in [0, 0.05) is 64.8 Å². The van der Waals surface area contributed by atoms with Crippen LogP contribution in [0.3, 0.4) is 0 Å². The molecule has 2 aromatic carbocycles. The minimum atomic E-state index is -2.92. The van der Waals surface area contributed by atoms with Crippen molar-refractivity contribution in [1.29, 1.82) is 0 Å². The van der Waals surface area contributed by atoms with Crippen molar-refractivity contribution in [2.75, 3.05) is 70.0 Å². The van der Waals surface area contributed by atoms with Crippen molar-refractivity contribution in [3.8, 4) is 0 Å². The van der Waals surface area contributed by atoms with Crippen LogP contribution in [-0.2, 0) is 19.2 Å². The number of piperazine rings is 1. The van der Waals surface area contributed by atoms with Gasteiger partial charge in [0.25, 0.3) is 5.69 Å². The number of ether oxygens (including phenoxy) is 2. The molecule has 1 atom stereocenters. The Labute approximate surface area is 194 Å². The van der Waals surface area contributed by atoms with Gasteiger partial charge >= 0.3 is 0 Å². The van der Waals surface area contributed by atoms with Gasteiger partial charge in [-0.15, -0.1) is 0 Å². The maximum atomic E-state index is 14.9. The van der Waals surface area contributed by atoms with Gasteiger partial charge < -0.3 is 19.3 Å². The molecule has 2 aromatic rings. The number of nitro groups is 1. The van der Waals surface area contributed by atoms with Crippen LogP contribution in [0.1, 0.15) is 5.56 Å². The molecule has 0 bridgehead atoms. The lowest BCUT2D eigenvalue weighted by molar-refractivity contribution is -0.385. The molecular formula is C23H30N4O5S. The quantitative estimate of drug-likeness (QED) is 0.330. The van der Waals surface area contributed by atoms with Crippen LogP contribution in [0.5, 0.6) is 0 Å². The number of methoxy groups -OCH3 is 2. The predicted octanol–water partition coefficient (Wildman–Crippen LogP) is 2.53. The number of anilines is 2. The maximum Gasteiger partial charge on any atom is 0.271 e. The van der Waals surface area contributed by atoms with Crippen LogP contribution < -0.4 is 9.80 Å². The topological polar surface area (TPSA) is 88.4 Å². The molecule has 2 aliphatic heterocycles. The van der Waals surface area contributed by atoms with Crippen molar-refractivity contribution < 1.29 is 18.6 Å². The summed E-state index contributed by atoms with van der Waals surface area (Å²) in [5.74, 6) is 0. The van der Waals surface area contributed by atoms with E-state index >= 15 is 0 Å². The average molecular weight is 475 g/mol. The Balaban J connectivity index is 1.79. The molecule has 178 valence electrons. The van der Waals surface area contributed by atoms with E-state index < -0.39 is 14.6 Å². The number of benzene rings is 2. The van der Waals surface area contributed by atoms with E-state index in [4.69, 9.17) is 9.47 Å². The normalized spacial score (nSPS) is 20.9. The summed E-state index contributed by atoms with van der Waals surface area (Å²) in [7, 11) is 0.280. The Kier molecular flexibility index (Phi) is 6.89. The average Bonchev–Trinajstić information content (AvgIpc) is 3.07. The highest BCUT2D eigenvalue weighted by atomic mass is 32.2.